The fraction of sp³-hybridized carbons (Fsp3) is 0.0455. The zero-order valence-electron chi connectivity index (χ0n) is 14.8. The lowest BCUT2D eigenvalue weighted by Crippen LogP contribution is -2.17. The average Bonchev–Trinajstić information content (AvgIpc) is 2.73. The van der Waals surface area contributed by atoms with E-state index in [1.165, 1.54) is 6.21 Å². The van der Waals surface area contributed by atoms with Crippen molar-refractivity contribution in [1.82, 2.24) is 5.43 Å². The van der Waals surface area contributed by atoms with Crippen LogP contribution in [0.15, 0.2) is 77.9 Å². The van der Waals surface area contributed by atoms with Crippen LogP contribution >= 0.6 is 11.6 Å². The quantitative estimate of drug-likeness (QED) is 0.496. The summed E-state index contributed by atoms with van der Waals surface area (Å²) in [5.74, 6) is 0.294. The molecule has 0 aromatic heterocycles. The Balaban J connectivity index is 1.56. The van der Waals surface area contributed by atoms with Crippen molar-refractivity contribution in [1.29, 1.82) is 5.26 Å². The largest absolute Gasteiger partial charge is 0.489 e. The van der Waals surface area contributed by atoms with Crippen molar-refractivity contribution in [2.24, 2.45) is 5.10 Å². The Morgan fingerprint density at radius 1 is 1.07 bits per heavy atom. The minimum absolute atomic E-state index is 0.311. The first-order chi connectivity index (χ1) is 13.7. The van der Waals surface area contributed by atoms with Gasteiger partial charge in [0.2, 0.25) is 0 Å². The first kappa shape index (κ1) is 19.2. The number of hydrogen-bond donors (Lipinski definition) is 1. The van der Waals surface area contributed by atoms with Crippen molar-refractivity contribution >= 4 is 23.7 Å². The van der Waals surface area contributed by atoms with Gasteiger partial charge in [0.1, 0.15) is 12.4 Å². The van der Waals surface area contributed by atoms with E-state index in [1.54, 1.807) is 42.5 Å². The van der Waals surface area contributed by atoms with Gasteiger partial charge in [0.25, 0.3) is 5.91 Å². The van der Waals surface area contributed by atoms with E-state index < -0.39 is 0 Å². The topological polar surface area (TPSA) is 74.5 Å². The summed E-state index contributed by atoms with van der Waals surface area (Å²) < 4.78 is 5.72. The number of nitrogens with zero attached hydrogens (tertiary/aromatic N) is 2. The number of halogens is 1. The molecule has 0 aliphatic heterocycles. The van der Waals surface area contributed by atoms with Crippen molar-refractivity contribution in [3.8, 4) is 11.8 Å². The van der Waals surface area contributed by atoms with Crippen LogP contribution in [0, 0.1) is 11.3 Å². The molecule has 0 aliphatic carbocycles. The normalized spacial score (nSPS) is 10.4. The SMILES string of the molecule is N#Cc1ccccc1COc1ccc(/C=N\NC(=O)c2ccccc2Cl)cc1. The number of ether oxygens (including phenoxy) is 1. The molecule has 0 unspecified atom stereocenters. The lowest BCUT2D eigenvalue weighted by Gasteiger charge is -2.07. The van der Waals surface area contributed by atoms with Crippen LogP contribution in [0.2, 0.25) is 5.02 Å². The van der Waals surface area contributed by atoms with Crippen molar-refractivity contribution in [3.05, 3.63) is 100 Å². The number of hydrazone groups is 1. The Bertz CT molecular complexity index is 1040. The highest BCUT2D eigenvalue weighted by Crippen LogP contribution is 2.16. The maximum Gasteiger partial charge on any atom is 0.272 e. The van der Waals surface area contributed by atoms with Gasteiger partial charge >= 0.3 is 0 Å². The molecule has 0 radical (unpaired) electrons. The molecule has 0 saturated carbocycles. The molecule has 0 atom stereocenters. The maximum absolute atomic E-state index is 12.0. The monoisotopic (exact) mass is 389 g/mol. The Kier molecular flexibility index (Phi) is 6.40. The number of carbonyl (C=O) groups excluding carboxylic acids is 1. The molecular formula is C22H16ClN3O2. The van der Waals surface area contributed by atoms with Gasteiger partial charge in [-0.05, 0) is 48.0 Å². The van der Waals surface area contributed by atoms with Gasteiger partial charge in [-0.3, -0.25) is 4.79 Å². The molecule has 0 saturated heterocycles. The maximum atomic E-state index is 12.0. The average molecular weight is 390 g/mol. The van der Waals surface area contributed by atoms with Crippen molar-refractivity contribution in [3.63, 3.8) is 0 Å². The molecule has 6 heteroatoms. The first-order valence-corrected chi connectivity index (χ1v) is 8.84. The molecule has 3 rings (SSSR count). The molecular weight excluding hydrogens is 374 g/mol. The summed E-state index contributed by atoms with van der Waals surface area (Å²) in [5, 5.41) is 13.4. The van der Waals surface area contributed by atoms with Gasteiger partial charge in [0.05, 0.1) is 28.4 Å². The van der Waals surface area contributed by atoms with E-state index in [0.29, 0.717) is 28.5 Å². The van der Waals surface area contributed by atoms with Crippen LogP contribution < -0.4 is 10.2 Å². The molecule has 3 aromatic carbocycles. The van der Waals surface area contributed by atoms with Crippen molar-refractivity contribution in [2.75, 3.05) is 0 Å². The summed E-state index contributed by atoms with van der Waals surface area (Å²) in [6, 6.07) is 23.5. The summed E-state index contributed by atoms with van der Waals surface area (Å²) in [7, 11) is 0. The molecule has 1 N–H and O–H groups in total. The minimum atomic E-state index is -0.377. The molecule has 0 bridgehead atoms. The van der Waals surface area contributed by atoms with Gasteiger partial charge < -0.3 is 4.74 Å². The summed E-state index contributed by atoms with van der Waals surface area (Å²) in [6.45, 7) is 0.311. The van der Waals surface area contributed by atoms with E-state index in [-0.39, 0.29) is 5.91 Å². The summed E-state index contributed by atoms with van der Waals surface area (Å²) in [5.41, 5.74) is 5.03. The fourth-order valence-electron chi connectivity index (χ4n) is 2.44. The number of nitrogens with one attached hydrogen (secondary N) is 1. The lowest BCUT2D eigenvalue weighted by atomic mass is 10.1. The van der Waals surface area contributed by atoms with E-state index in [9.17, 15) is 4.79 Å². The van der Waals surface area contributed by atoms with Crippen LogP contribution in [-0.4, -0.2) is 12.1 Å². The highest BCUT2D eigenvalue weighted by atomic mass is 35.5. The second kappa shape index (κ2) is 9.36. The van der Waals surface area contributed by atoms with Crippen LogP contribution in [-0.2, 0) is 6.61 Å². The Hall–Kier alpha value is -3.62. The standard InChI is InChI=1S/C22H16ClN3O2/c23-21-8-4-3-7-20(21)22(27)26-25-14-16-9-11-19(12-10-16)28-15-18-6-2-1-5-17(18)13-24/h1-12,14H,15H2,(H,26,27)/b25-14-. The van der Waals surface area contributed by atoms with Crippen molar-refractivity contribution < 1.29 is 9.53 Å². The third kappa shape index (κ3) is 4.97. The number of hydrogen-bond acceptors (Lipinski definition) is 4. The predicted octanol–water partition coefficient (Wildman–Crippen LogP) is 4.55. The van der Waals surface area contributed by atoms with E-state index >= 15 is 0 Å². The predicted molar refractivity (Wildman–Crippen MR) is 108 cm³/mol. The highest BCUT2D eigenvalue weighted by molar-refractivity contribution is 6.33. The molecule has 0 fully saturated rings. The smallest absolute Gasteiger partial charge is 0.272 e. The van der Waals surface area contributed by atoms with Gasteiger partial charge in [0, 0.05) is 5.56 Å². The molecule has 1 amide bonds. The van der Waals surface area contributed by atoms with E-state index in [0.717, 1.165) is 11.1 Å². The van der Waals surface area contributed by atoms with Crippen LogP contribution in [0.3, 0.4) is 0 Å². The van der Waals surface area contributed by atoms with Gasteiger partial charge in [-0.25, -0.2) is 5.43 Å². The second-order valence-corrected chi connectivity index (χ2v) is 6.21. The van der Waals surface area contributed by atoms with Gasteiger partial charge in [-0.15, -0.1) is 0 Å². The molecule has 138 valence electrons. The fourth-order valence-corrected chi connectivity index (χ4v) is 2.66. The number of amides is 1. The summed E-state index contributed by atoms with van der Waals surface area (Å²) in [4.78, 5) is 12.0. The van der Waals surface area contributed by atoms with E-state index in [4.69, 9.17) is 21.6 Å². The molecule has 3 aromatic rings. The number of carbonyl (C=O) groups is 1. The van der Waals surface area contributed by atoms with Gasteiger partial charge in [-0.2, -0.15) is 10.4 Å². The van der Waals surface area contributed by atoms with Gasteiger partial charge in [-0.1, -0.05) is 41.9 Å². The highest BCUT2D eigenvalue weighted by Gasteiger charge is 2.07. The second-order valence-electron chi connectivity index (χ2n) is 5.81. The Morgan fingerprint density at radius 3 is 2.54 bits per heavy atom. The first-order valence-electron chi connectivity index (χ1n) is 8.46. The third-order valence-electron chi connectivity index (χ3n) is 3.91. The number of nitriles is 1. The van der Waals surface area contributed by atoms with Crippen LogP contribution in [0.4, 0.5) is 0 Å². The molecule has 0 spiro atoms. The van der Waals surface area contributed by atoms with E-state index in [2.05, 4.69) is 16.6 Å². The Labute approximate surface area is 167 Å². The zero-order valence-corrected chi connectivity index (χ0v) is 15.6. The molecule has 28 heavy (non-hydrogen) atoms. The van der Waals surface area contributed by atoms with Crippen LogP contribution in [0.1, 0.15) is 27.0 Å². The van der Waals surface area contributed by atoms with Gasteiger partial charge in [0.15, 0.2) is 0 Å². The van der Waals surface area contributed by atoms with Crippen LogP contribution in [0.5, 0.6) is 5.75 Å². The summed E-state index contributed by atoms with van der Waals surface area (Å²) >= 11 is 5.98. The lowest BCUT2D eigenvalue weighted by molar-refractivity contribution is 0.0955. The Morgan fingerprint density at radius 2 is 1.79 bits per heavy atom. The zero-order chi connectivity index (χ0) is 19.8. The molecule has 5 nitrogen and oxygen atoms in total. The van der Waals surface area contributed by atoms with E-state index in [1.807, 2.05) is 30.3 Å². The summed E-state index contributed by atoms with van der Waals surface area (Å²) in [6.07, 6.45) is 1.53. The number of benzene rings is 3. The minimum Gasteiger partial charge on any atom is -0.489 e. The number of rotatable bonds is 6. The third-order valence-corrected chi connectivity index (χ3v) is 4.24. The molecule has 0 heterocycles. The van der Waals surface area contributed by atoms with Crippen LogP contribution in [0.25, 0.3) is 0 Å². The molecule has 0 aliphatic rings. The van der Waals surface area contributed by atoms with Crippen molar-refractivity contribution in [2.45, 2.75) is 6.61 Å².